The zero-order valence-electron chi connectivity index (χ0n) is 13.9. The molecule has 1 heteroatoms. The SMILES string of the molecule is CCCCC(CCCC)(c1ccccc1)c1ccc(O)cc1. The predicted octanol–water partition coefficient (Wildman–Crippen LogP) is 6.06. The summed E-state index contributed by atoms with van der Waals surface area (Å²) in [6.45, 7) is 4.51. The molecule has 0 unspecified atom stereocenters. The minimum absolute atomic E-state index is 0.0704. The van der Waals surface area contributed by atoms with Gasteiger partial charge in [0, 0.05) is 5.41 Å². The molecule has 1 nitrogen and oxygen atoms in total. The molecule has 2 aromatic carbocycles. The highest BCUT2D eigenvalue weighted by atomic mass is 16.3. The maximum absolute atomic E-state index is 9.65. The molecule has 0 aromatic heterocycles. The maximum Gasteiger partial charge on any atom is 0.115 e. The lowest BCUT2D eigenvalue weighted by Gasteiger charge is -2.36. The van der Waals surface area contributed by atoms with Crippen LogP contribution in [0.3, 0.4) is 0 Å². The van der Waals surface area contributed by atoms with Gasteiger partial charge in [0.15, 0.2) is 0 Å². The van der Waals surface area contributed by atoms with Crippen molar-refractivity contribution in [3.8, 4) is 5.75 Å². The minimum Gasteiger partial charge on any atom is -0.508 e. The molecule has 0 spiro atoms. The number of phenolic OH excluding ortho intramolecular Hbond substituents is 1. The smallest absolute Gasteiger partial charge is 0.115 e. The van der Waals surface area contributed by atoms with E-state index in [1.54, 1.807) is 0 Å². The van der Waals surface area contributed by atoms with E-state index in [1.807, 2.05) is 12.1 Å². The van der Waals surface area contributed by atoms with Gasteiger partial charge in [-0.15, -0.1) is 0 Å². The Morgan fingerprint density at radius 1 is 0.727 bits per heavy atom. The molecule has 0 bridgehead atoms. The molecule has 0 aliphatic rings. The third-order valence-corrected chi connectivity index (χ3v) is 4.66. The molecule has 0 aliphatic heterocycles. The van der Waals surface area contributed by atoms with Crippen LogP contribution in [0.25, 0.3) is 0 Å². The third-order valence-electron chi connectivity index (χ3n) is 4.66. The number of rotatable bonds is 8. The van der Waals surface area contributed by atoms with E-state index in [9.17, 15) is 5.11 Å². The largest absolute Gasteiger partial charge is 0.508 e. The summed E-state index contributed by atoms with van der Waals surface area (Å²) in [5.41, 5.74) is 2.81. The van der Waals surface area contributed by atoms with Crippen LogP contribution in [0.15, 0.2) is 54.6 Å². The Balaban J connectivity index is 2.50. The highest BCUT2D eigenvalue weighted by Crippen LogP contribution is 2.42. The summed E-state index contributed by atoms with van der Waals surface area (Å²) in [4.78, 5) is 0. The van der Waals surface area contributed by atoms with Crippen LogP contribution in [0.1, 0.15) is 63.5 Å². The van der Waals surface area contributed by atoms with Crippen LogP contribution in [0.4, 0.5) is 0 Å². The van der Waals surface area contributed by atoms with E-state index in [2.05, 4.69) is 56.3 Å². The first-order valence-corrected chi connectivity index (χ1v) is 8.58. The molecule has 0 radical (unpaired) electrons. The summed E-state index contributed by atoms with van der Waals surface area (Å²) in [6.07, 6.45) is 7.19. The molecule has 2 aromatic rings. The second-order valence-corrected chi connectivity index (χ2v) is 6.20. The Hall–Kier alpha value is -1.76. The fourth-order valence-electron chi connectivity index (χ4n) is 3.36. The zero-order valence-corrected chi connectivity index (χ0v) is 13.9. The van der Waals surface area contributed by atoms with Gasteiger partial charge >= 0.3 is 0 Å². The number of unbranched alkanes of at least 4 members (excludes halogenated alkanes) is 2. The first-order valence-electron chi connectivity index (χ1n) is 8.58. The normalized spacial score (nSPS) is 11.5. The lowest BCUT2D eigenvalue weighted by Crippen LogP contribution is -2.28. The molecule has 1 N–H and O–H groups in total. The van der Waals surface area contributed by atoms with Gasteiger partial charge in [0.1, 0.15) is 5.75 Å². The van der Waals surface area contributed by atoms with Gasteiger partial charge in [-0.25, -0.2) is 0 Å². The first-order chi connectivity index (χ1) is 10.7. The van der Waals surface area contributed by atoms with Gasteiger partial charge in [-0.3, -0.25) is 0 Å². The molecule has 0 saturated heterocycles. The fraction of sp³-hybridized carbons (Fsp3) is 0.429. The van der Waals surface area contributed by atoms with E-state index in [1.165, 1.54) is 36.8 Å². The molecular formula is C21H28O. The van der Waals surface area contributed by atoms with Crippen LogP contribution in [-0.4, -0.2) is 5.11 Å². The summed E-state index contributed by atoms with van der Waals surface area (Å²) < 4.78 is 0. The van der Waals surface area contributed by atoms with Crippen molar-refractivity contribution in [1.29, 1.82) is 0 Å². The molecule has 2 rings (SSSR count). The van der Waals surface area contributed by atoms with Gasteiger partial charge in [0.25, 0.3) is 0 Å². The lowest BCUT2D eigenvalue weighted by molar-refractivity contribution is 0.404. The van der Waals surface area contributed by atoms with Crippen molar-refractivity contribution in [3.63, 3.8) is 0 Å². The van der Waals surface area contributed by atoms with Crippen LogP contribution < -0.4 is 0 Å². The second-order valence-electron chi connectivity index (χ2n) is 6.20. The zero-order chi connectivity index (χ0) is 15.8. The van der Waals surface area contributed by atoms with Crippen molar-refractivity contribution in [2.75, 3.05) is 0 Å². The van der Waals surface area contributed by atoms with E-state index in [-0.39, 0.29) is 5.41 Å². The number of hydrogen-bond acceptors (Lipinski definition) is 1. The number of aromatic hydroxyl groups is 1. The van der Waals surface area contributed by atoms with Gasteiger partial charge in [-0.05, 0) is 36.1 Å². The van der Waals surface area contributed by atoms with Gasteiger partial charge in [0.05, 0.1) is 0 Å². The van der Waals surface area contributed by atoms with Crippen molar-refractivity contribution < 1.29 is 5.11 Å². The van der Waals surface area contributed by atoms with Crippen LogP contribution in [-0.2, 0) is 5.41 Å². The summed E-state index contributed by atoms with van der Waals surface area (Å²) >= 11 is 0. The van der Waals surface area contributed by atoms with Gasteiger partial charge in [0.2, 0.25) is 0 Å². The third kappa shape index (κ3) is 3.71. The Labute approximate surface area is 135 Å². The van der Waals surface area contributed by atoms with Gasteiger partial charge in [-0.2, -0.15) is 0 Å². The summed E-state index contributed by atoms with van der Waals surface area (Å²) in [5, 5.41) is 9.65. The quantitative estimate of drug-likeness (QED) is 0.628. The molecule has 0 amide bonds. The second kappa shape index (κ2) is 8.03. The first kappa shape index (κ1) is 16.6. The molecule has 22 heavy (non-hydrogen) atoms. The average molecular weight is 296 g/mol. The van der Waals surface area contributed by atoms with E-state index < -0.39 is 0 Å². The van der Waals surface area contributed by atoms with Crippen LogP contribution in [0.5, 0.6) is 5.75 Å². The van der Waals surface area contributed by atoms with E-state index in [0.29, 0.717) is 5.75 Å². The lowest BCUT2D eigenvalue weighted by atomic mass is 9.68. The average Bonchev–Trinajstić information content (AvgIpc) is 2.57. The Kier molecular flexibility index (Phi) is 6.06. The molecule has 118 valence electrons. The molecule has 0 atom stereocenters. The molecule has 0 heterocycles. The Bertz CT molecular complexity index is 534. The molecule has 0 saturated carbocycles. The van der Waals surface area contributed by atoms with Crippen molar-refractivity contribution in [2.45, 2.75) is 57.8 Å². The number of hydrogen-bond donors (Lipinski definition) is 1. The monoisotopic (exact) mass is 296 g/mol. The van der Waals surface area contributed by atoms with Crippen molar-refractivity contribution in [1.82, 2.24) is 0 Å². The molecule has 0 fully saturated rings. The highest BCUT2D eigenvalue weighted by Gasteiger charge is 2.32. The number of benzene rings is 2. The van der Waals surface area contributed by atoms with Gasteiger partial charge < -0.3 is 5.11 Å². The summed E-state index contributed by atoms with van der Waals surface area (Å²) in [5.74, 6) is 0.344. The topological polar surface area (TPSA) is 20.2 Å². The van der Waals surface area contributed by atoms with Crippen LogP contribution in [0.2, 0.25) is 0 Å². The predicted molar refractivity (Wildman–Crippen MR) is 94.4 cm³/mol. The Morgan fingerprint density at radius 2 is 1.23 bits per heavy atom. The van der Waals surface area contributed by atoms with Crippen LogP contribution in [0, 0.1) is 0 Å². The van der Waals surface area contributed by atoms with E-state index in [4.69, 9.17) is 0 Å². The van der Waals surface area contributed by atoms with Crippen molar-refractivity contribution >= 4 is 0 Å². The van der Waals surface area contributed by atoms with E-state index in [0.717, 1.165) is 12.8 Å². The highest BCUT2D eigenvalue weighted by molar-refractivity contribution is 5.41. The van der Waals surface area contributed by atoms with Crippen LogP contribution >= 0.6 is 0 Å². The minimum atomic E-state index is 0.0704. The van der Waals surface area contributed by atoms with Gasteiger partial charge in [-0.1, -0.05) is 82.0 Å². The van der Waals surface area contributed by atoms with Crippen molar-refractivity contribution in [2.24, 2.45) is 0 Å². The number of phenols is 1. The molecular weight excluding hydrogens is 268 g/mol. The molecule has 0 aliphatic carbocycles. The maximum atomic E-state index is 9.65. The Morgan fingerprint density at radius 3 is 1.73 bits per heavy atom. The summed E-state index contributed by atoms with van der Waals surface area (Å²) in [7, 11) is 0. The fourth-order valence-corrected chi connectivity index (χ4v) is 3.36. The van der Waals surface area contributed by atoms with E-state index >= 15 is 0 Å². The van der Waals surface area contributed by atoms with Crippen molar-refractivity contribution in [3.05, 3.63) is 65.7 Å². The summed E-state index contributed by atoms with van der Waals surface area (Å²) in [6, 6.07) is 18.8. The standard InChI is InChI=1S/C21H28O/c1-3-5-16-21(17-6-4-2,18-10-8-7-9-11-18)19-12-14-20(22)15-13-19/h7-15,22H,3-6,16-17H2,1-2H3.